The Bertz CT molecular complexity index is 849. The fourth-order valence-electron chi connectivity index (χ4n) is 2.40. The molecule has 0 aliphatic heterocycles. The highest BCUT2D eigenvalue weighted by Crippen LogP contribution is 2.20. The highest BCUT2D eigenvalue weighted by molar-refractivity contribution is 7.99. The molecule has 0 unspecified atom stereocenters. The molecule has 0 fully saturated rings. The van der Waals surface area contributed by atoms with E-state index in [0.717, 1.165) is 16.8 Å². The molecule has 0 radical (unpaired) electrons. The predicted molar refractivity (Wildman–Crippen MR) is 97.5 cm³/mol. The third-order valence-electron chi connectivity index (χ3n) is 3.80. The highest BCUT2D eigenvalue weighted by Gasteiger charge is 2.15. The first-order chi connectivity index (χ1) is 12.1. The van der Waals surface area contributed by atoms with Gasteiger partial charge in [-0.2, -0.15) is 4.68 Å². The topological polar surface area (TPSA) is 63.9 Å². The Morgan fingerprint density at radius 2 is 1.84 bits per heavy atom. The highest BCUT2D eigenvalue weighted by atomic mass is 32.2. The second-order valence-electron chi connectivity index (χ2n) is 5.68. The van der Waals surface area contributed by atoms with Crippen LogP contribution in [0.4, 0.5) is 0 Å². The molecule has 128 valence electrons. The van der Waals surface area contributed by atoms with Crippen molar-refractivity contribution >= 4 is 17.7 Å². The second-order valence-corrected chi connectivity index (χ2v) is 6.63. The van der Waals surface area contributed by atoms with Crippen LogP contribution in [0.1, 0.15) is 11.1 Å². The van der Waals surface area contributed by atoms with Crippen LogP contribution in [0.15, 0.2) is 59.8 Å². The fraction of sp³-hybridized carbons (Fsp3) is 0.222. The first-order valence-electron chi connectivity index (χ1n) is 7.90. The molecule has 3 rings (SSSR count). The Hall–Kier alpha value is -2.67. The van der Waals surface area contributed by atoms with Gasteiger partial charge in [-0.25, -0.2) is 0 Å². The third-order valence-corrected chi connectivity index (χ3v) is 4.70. The monoisotopic (exact) mass is 353 g/mol. The zero-order valence-corrected chi connectivity index (χ0v) is 15.0. The Morgan fingerprint density at radius 1 is 1.12 bits per heavy atom. The molecule has 6 nitrogen and oxygen atoms in total. The van der Waals surface area contributed by atoms with Crippen LogP contribution >= 0.6 is 11.8 Å². The van der Waals surface area contributed by atoms with Crippen molar-refractivity contribution < 1.29 is 4.79 Å². The molecule has 0 N–H and O–H groups in total. The number of hydrogen-bond donors (Lipinski definition) is 0. The standard InChI is InChI=1S/C18H19N5OS/c1-14-8-6-7-11-16(14)23-18(19-20-21-23)25-13-17(24)22(2)12-15-9-4-3-5-10-15/h3-11H,12-13H2,1-2H3. The molecule has 0 saturated carbocycles. The van der Waals surface area contributed by atoms with E-state index < -0.39 is 0 Å². The maximum absolute atomic E-state index is 12.4. The molecule has 7 heteroatoms. The van der Waals surface area contributed by atoms with E-state index in [9.17, 15) is 4.79 Å². The van der Waals surface area contributed by atoms with Crippen molar-refractivity contribution in [2.24, 2.45) is 0 Å². The van der Waals surface area contributed by atoms with Gasteiger partial charge < -0.3 is 4.90 Å². The van der Waals surface area contributed by atoms with Gasteiger partial charge in [-0.15, -0.1) is 5.10 Å². The number of benzene rings is 2. The molecule has 1 aromatic heterocycles. The molecule has 25 heavy (non-hydrogen) atoms. The molecule has 1 heterocycles. The van der Waals surface area contributed by atoms with Gasteiger partial charge in [0.05, 0.1) is 11.4 Å². The summed E-state index contributed by atoms with van der Waals surface area (Å²) in [5, 5.41) is 12.4. The third kappa shape index (κ3) is 4.24. The summed E-state index contributed by atoms with van der Waals surface area (Å²) in [7, 11) is 1.81. The van der Waals surface area contributed by atoms with E-state index in [-0.39, 0.29) is 11.7 Å². The van der Waals surface area contributed by atoms with Crippen LogP contribution in [-0.4, -0.2) is 43.8 Å². The van der Waals surface area contributed by atoms with Gasteiger partial charge in [-0.1, -0.05) is 60.3 Å². The lowest BCUT2D eigenvalue weighted by Gasteiger charge is -2.17. The number of carbonyl (C=O) groups excluding carboxylic acids is 1. The Labute approximate surface area is 150 Å². The summed E-state index contributed by atoms with van der Waals surface area (Å²) >= 11 is 1.34. The minimum Gasteiger partial charge on any atom is -0.341 e. The molecule has 0 atom stereocenters. The number of tetrazole rings is 1. The van der Waals surface area contributed by atoms with Gasteiger partial charge in [0.25, 0.3) is 0 Å². The van der Waals surface area contributed by atoms with Gasteiger partial charge in [0.2, 0.25) is 11.1 Å². The Morgan fingerprint density at radius 3 is 2.60 bits per heavy atom. The predicted octanol–water partition coefficient (Wildman–Crippen LogP) is 2.72. The molecular formula is C18H19N5OS. The van der Waals surface area contributed by atoms with Crippen LogP contribution in [-0.2, 0) is 11.3 Å². The van der Waals surface area contributed by atoms with Gasteiger partial charge >= 0.3 is 0 Å². The maximum Gasteiger partial charge on any atom is 0.233 e. The van der Waals surface area contributed by atoms with Crippen molar-refractivity contribution in [3.63, 3.8) is 0 Å². The zero-order valence-electron chi connectivity index (χ0n) is 14.2. The normalized spacial score (nSPS) is 10.6. The zero-order chi connectivity index (χ0) is 17.6. The van der Waals surface area contributed by atoms with Gasteiger partial charge in [0.1, 0.15) is 0 Å². The largest absolute Gasteiger partial charge is 0.341 e. The van der Waals surface area contributed by atoms with E-state index in [1.807, 2.05) is 61.5 Å². The lowest BCUT2D eigenvalue weighted by molar-refractivity contribution is -0.127. The molecule has 0 bridgehead atoms. The minimum atomic E-state index is 0.0354. The van der Waals surface area contributed by atoms with Crippen molar-refractivity contribution in [3.8, 4) is 5.69 Å². The Kier molecular flexibility index (Phi) is 5.45. The number of thioether (sulfide) groups is 1. The number of para-hydroxylation sites is 1. The molecule has 0 aliphatic rings. The van der Waals surface area contributed by atoms with Crippen LogP contribution in [0.5, 0.6) is 0 Å². The summed E-state index contributed by atoms with van der Waals surface area (Å²) in [5.41, 5.74) is 3.09. The van der Waals surface area contributed by atoms with Crippen LogP contribution < -0.4 is 0 Å². The fourth-order valence-corrected chi connectivity index (χ4v) is 3.23. The van der Waals surface area contributed by atoms with Crippen LogP contribution in [0.2, 0.25) is 0 Å². The molecule has 2 aromatic carbocycles. The number of aryl methyl sites for hydroxylation is 1. The number of aromatic nitrogens is 4. The summed E-state index contributed by atoms with van der Waals surface area (Å²) in [4.78, 5) is 14.1. The summed E-state index contributed by atoms with van der Waals surface area (Å²) in [6, 6.07) is 17.8. The summed E-state index contributed by atoms with van der Waals surface area (Å²) < 4.78 is 1.67. The van der Waals surface area contributed by atoms with E-state index in [1.54, 1.807) is 16.6 Å². The van der Waals surface area contributed by atoms with Crippen molar-refractivity contribution in [2.75, 3.05) is 12.8 Å². The minimum absolute atomic E-state index is 0.0354. The lowest BCUT2D eigenvalue weighted by atomic mass is 10.2. The number of nitrogens with zero attached hydrogens (tertiary/aromatic N) is 5. The van der Waals surface area contributed by atoms with E-state index in [4.69, 9.17) is 0 Å². The van der Waals surface area contributed by atoms with Gasteiger partial charge in [-0.3, -0.25) is 4.79 Å². The number of amides is 1. The van der Waals surface area contributed by atoms with Gasteiger partial charge in [0, 0.05) is 13.6 Å². The van der Waals surface area contributed by atoms with E-state index in [2.05, 4.69) is 15.5 Å². The smallest absolute Gasteiger partial charge is 0.233 e. The molecular weight excluding hydrogens is 334 g/mol. The SMILES string of the molecule is Cc1ccccc1-n1nnnc1SCC(=O)N(C)Cc1ccccc1. The average molecular weight is 353 g/mol. The van der Waals surface area contributed by atoms with Crippen molar-refractivity contribution in [2.45, 2.75) is 18.6 Å². The molecule has 3 aromatic rings. The average Bonchev–Trinajstić information content (AvgIpc) is 3.09. The second kappa shape index (κ2) is 7.94. The number of rotatable bonds is 6. The van der Waals surface area contributed by atoms with Gasteiger partial charge in [0.15, 0.2) is 0 Å². The lowest BCUT2D eigenvalue weighted by Crippen LogP contribution is -2.27. The quantitative estimate of drug-likeness (QED) is 0.638. The Balaban J connectivity index is 1.63. The van der Waals surface area contributed by atoms with Crippen LogP contribution in [0.25, 0.3) is 5.69 Å². The van der Waals surface area contributed by atoms with Crippen LogP contribution in [0, 0.1) is 6.92 Å². The first-order valence-corrected chi connectivity index (χ1v) is 8.89. The molecule has 1 amide bonds. The number of carbonyl (C=O) groups is 1. The first kappa shape index (κ1) is 17.2. The summed E-state index contributed by atoms with van der Waals surface area (Å²) in [6.45, 7) is 2.59. The van der Waals surface area contributed by atoms with E-state index >= 15 is 0 Å². The van der Waals surface area contributed by atoms with E-state index in [0.29, 0.717) is 11.7 Å². The molecule has 0 spiro atoms. The van der Waals surface area contributed by atoms with Crippen LogP contribution in [0.3, 0.4) is 0 Å². The van der Waals surface area contributed by atoms with Crippen molar-refractivity contribution in [1.82, 2.24) is 25.1 Å². The summed E-state index contributed by atoms with van der Waals surface area (Å²) in [5.74, 6) is 0.323. The maximum atomic E-state index is 12.4. The molecule has 0 saturated heterocycles. The van der Waals surface area contributed by atoms with Crippen molar-refractivity contribution in [1.29, 1.82) is 0 Å². The molecule has 0 aliphatic carbocycles. The summed E-state index contributed by atoms with van der Waals surface area (Å²) in [6.07, 6.45) is 0. The number of hydrogen-bond acceptors (Lipinski definition) is 5. The van der Waals surface area contributed by atoms with Crippen molar-refractivity contribution in [3.05, 3.63) is 65.7 Å². The van der Waals surface area contributed by atoms with E-state index in [1.165, 1.54) is 11.8 Å². The van der Waals surface area contributed by atoms with Gasteiger partial charge in [-0.05, 0) is 34.5 Å².